The van der Waals surface area contributed by atoms with Crippen LogP contribution in [0.5, 0.6) is 5.75 Å². The normalized spacial score (nSPS) is 10.1. The second kappa shape index (κ2) is 8.72. The summed E-state index contributed by atoms with van der Waals surface area (Å²) in [6.45, 7) is 0.709. The summed E-state index contributed by atoms with van der Waals surface area (Å²) in [5.41, 5.74) is 1.56. The first-order valence-electron chi connectivity index (χ1n) is 7.68. The predicted octanol–water partition coefficient (Wildman–Crippen LogP) is 2.90. The SMILES string of the molecule is COC(=O)CCN(Cc1ccc(OC)cc1)C(=O)c1ccccc1. The minimum absolute atomic E-state index is 0.115. The van der Waals surface area contributed by atoms with Crippen LogP contribution in [-0.4, -0.2) is 37.5 Å². The van der Waals surface area contributed by atoms with Crippen LogP contribution >= 0.6 is 0 Å². The third-order valence-corrected chi connectivity index (χ3v) is 3.65. The number of hydrogen-bond acceptors (Lipinski definition) is 4. The van der Waals surface area contributed by atoms with E-state index in [0.717, 1.165) is 11.3 Å². The van der Waals surface area contributed by atoms with Crippen molar-refractivity contribution >= 4 is 11.9 Å². The van der Waals surface area contributed by atoms with Crippen LogP contribution in [0.2, 0.25) is 0 Å². The minimum atomic E-state index is -0.337. The molecule has 24 heavy (non-hydrogen) atoms. The van der Waals surface area contributed by atoms with Crippen LogP contribution < -0.4 is 4.74 Å². The molecule has 0 saturated carbocycles. The zero-order valence-corrected chi connectivity index (χ0v) is 13.9. The molecule has 0 aliphatic heterocycles. The van der Waals surface area contributed by atoms with Crippen molar-refractivity contribution in [3.8, 4) is 5.75 Å². The number of hydrogen-bond donors (Lipinski definition) is 0. The molecule has 2 aromatic rings. The lowest BCUT2D eigenvalue weighted by Gasteiger charge is -2.22. The topological polar surface area (TPSA) is 55.8 Å². The fraction of sp³-hybridized carbons (Fsp3) is 0.263. The smallest absolute Gasteiger partial charge is 0.307 e. The Bertz CT molecular complexity index is 668. The van der Waals surface area contributed by atoms with Gasteiger partial charge in [0.15, 0.2) is 0 Å². The van der Waals surface area contributed by atoms with Crippen LogP contribution in [0.4, 0.5) is 0 Å². The van der Waals surface area contributed by atoms with Crippen molar-refractivity contribution in [3.05, 3.63) is 65.7 Å². The second-order valence-corrected chi connectivity index (χ2v) is 5.27. The Hall–Kier alpha value is -2.82. The summed E-state index contributed by atoms with van der Waals surface area (Å²) in [5, 5.41) is 0. The molecule has 0 spiro atoms. The van der Waals surface area contributed by atoms with Crippen molar-refractivity contribution in [2.45, 2.75) is 13.0 Å². The van der Waals surface area contributed by atoms with Crippen LogP contribution in [0.1, 0.15) is 22.3 Å². The van der Waals surface area contributed by atoms with Crippen molar-refractivity contribution in [1.29, 1.82) is 0 Å². The fourth-order valence-corrected chi connectivity index (χ4v) is 2.30. The molecule has 2 rings (SSSR count). The lowest BCUT2D eigenvalue weighted by Crippen LogP contribution is -2.32. The summed E-state index contributed by atoms with van der Waals surface area (Å²) in [4.78, 5) is 25.8. The van der Waals surface area contributed by atoms with E-state index in [4.69, 9.17) is 4.74 Å². The molecule has 0 N–H and O–H groups in total. The highest BCUT2D eigenvalue weighted by Gasteiger charge is 2.17. The maximum Gasteiger partial charge on any atom is 0.307 e. The van der Waals surface area contributed by atoms with Gasteiger partial charge in [-0.25, -0.2) is 0 Å². The Morgan fingerprint density at radius 1 is 0.958 bits per heavy atom. The second-order valence-electron chi connectivity index (χ2n) is 5.27. The number of benzene rings is 2. The molecule has 5 nitrogen and oxygen atoms in total. The Balaban J connectivity index is 2.14. The summed E-state index contributed by atoms with van der Waals surface area (Å²) in [7, 11) is 2.95. The largest absolute Gasteiger partial charge is 0.497 e. The van der Waals surface area contributed by atoms with E-state index < -0.39 is 0 Å². The van der Waals surface area contributed by atoms with E-state index in [0.29, 0.717) is 18.7 Å². The van der Waals surface area contributed by atoms with Crippen LogP contribution in [0, 0.1) is 0 Å². The van der Waals surface area contributed by atoms with Crippen LogP contribution in [0.15, 0.2) is 54.6 Å². The monoisotopic (exact) mass is 327 g/mol. The first-order valence-corrected chi connectivity index (χ1v) is 7.68. The number of nitrogens with zero attached hydrogens (tertiary/aromatic N) is 1. The molecule has 0 atom stereocenters. The molecule has 2 aromatic carbocycles. The maximum atomic E-state index is 12.7. The Morgan fingerprint density at radius 3 is 2.21 bits per heavy atom. The Morgan fingerprint density at radius 2 is 1.62 bits per heavy atom. The number of esters is 1. The van der Waals surface area contributed by atoms with E-state index in [1.165, 1.54) is 7.11 Å². The molecule has 0 unspecified atom stereocenters. The van der Waals surface area contributed by atoms with E-state index in [1.807, 2.05) is 42.5 Å². The van der Waals surface area contributed by atoms with Gasteiger partial charge in [-0.3, -0.25) is 9.59 Å². The summed E-state index contributed by atoms with van der Waals surface area (Å²) in [6, 6.07) is 16.5. The van der Waals surface area contributed by atoms with E-state index in [-0.39, 0.29) is 18.3 Å². The van der Waals surface area contributed by atoms with Gasteiger partial charge in [0, 0.05) is 18.7 Å². The molecule has 0 saturated heterocycles. The zero-order chi connectivity index (χ0) is 17.4. The van der Waals surface area contributed by atoms with E-state index in [2.05, 4.69) is 4.74 Å². The molecule has 0 bridgehead atoms. The van der Waals surface area contributed by atoms with Crippen molar-refractivity contribution in [1.82, 2.24) is 4.90 Å². The molecule has 5 heteroatoms. The maximum absolute atomic E-state index is 12.7. The molecule has 0 heterocycles. The molecule has 0 aromatic heterocycles. The highest BCUT2D eigenvalue weighted by Crippen LogP contribution is 2.15. The zero-order valence-electron chi connectivity index (χ0n) is 13.9. The number of rotatable bonds is 7. The first kappa shape index (κ1) is 17.5. The third kappa shape index (κ3) is 4.84. The van der Waals surface area contributed by atoms with Crippen molar-refractivity contribution < 1.29 is 19.1 Å². The lowest BCUT2D eigenvalue weighted by atomic mass is 10.1. The van der Waals surface area contributed by atoms with Gasteiger partial charge in [-0.1, -0.05) is 30.3 Å². The fourth-order valence-electron chi connectivity index (χ4n) is 2.30. The van der Waals surface area contributed by atoms with Gasteiger partial charge in [0.25, 0.3) is 5.91 Å². The molecule has 1 amide bonds. The predicted molar refractivity (Wildman–Crippen MR) is 90.8 cm³/mol. The summed E-state index contributed by atoms with van der Waals surface area (Å²) in [6.07, 6.45) is 0.158. The summed E-state index contributed by atoms with van der Waals surface area (Å²) in [5.74, 6) is 0.306. The van der Waals surface area contributed by atoms with Crippen LogP contribution in [0.3, 0.4) is 0 Å². The van der Waals surface area contributed by atoms with E-state index in [1.54, 1.807) is 24.1 Å². The Labute approximate surface area is 141 Å². The quantitative estimate of drug-likeness (QED) is 0.734. The lowest BCUT2D eigenvalue weighted by molar-refractivity contribution is -0.140. The average molecular weight is 327 g/mol. The number of amides is 1. The molecule has 0 aliphatic carbocycles. The van der Waals surface area contributed by atoms with Gasteiger partial charge < -0.3 is 14.4 Å². The highest BCUT2D eigenvalue weighted by molar-refractivity contribution is 5.94. The Kier molecular flexibility index (Phi) is 6.37. The van der Waals surface area contributed by atoms with Gasteiger partial charge in [-0.05, 0) is 29.8 Å². The molecule has 0 fully saturated rings. The number of carbonyl (C=O) groups is 2. The first-order chi connectivity index (χ1) is 11.6. The van der Waals surface area contributed by atoms with Gasteiger partial charge in [0.1, 0.15) is 5.75 Å². The molecular weight excluding hydrogens is 306 g/mol. The van der Waals surface area contributed by atoms with Crippen molar-refractivity contribution in [2.24, 2.45) is 0 Å². The van der Waals surface area contributed by atoms with Crippen LogP contribution in [-0.2, 0) is 16.1 Å². The number of methoxy groups -OCH3 is 2. The average Bonchev–Trinajstić information content (AvgIpc) is 2.65. The van der Waals surface area contributed by atoms with Gasteiger partial charge in [0.2, 0.25) is 0 Å². The van der Waals surface area contributed by atoms with Gasteiger partial charge in [0.05, 0.1) is 20.6 Å². The minimum Gasteiger partial charge on any atom is -0.497 e. The molecule has 0 aliphatic rings. The van der Waals surface area contributed by atoms with Crippen molar-refractivity contribution in [3.63, 3.8) is 0 Å². The van der Waals surface area contributed by atoms with Gasteiger partial charge >= 0.3 is 5.97 Å². The van der Waals surface area contributed by atoms with Crippen molar-refractivity contribution in [2.75, 3.05) is 20.8 Å². The highest BCUT2D eigenvalue weighted by atomic mass is 16.5. The van der Waals surface area contributed by atoms with E-state index in [9.17, 15) is 9.59 Å². The summed E-state index contributed by atoms with van der Waals surface area (Å²) >= 11 is 0. The molecular formula is C19H21NO4. The van der Waals surface area contributed by atoms with Gasteiger partial charge in [-0.2, -0.15) is 0 Å². The number of ether oxygens (including phenoxy) is 2. The third-order valence-electron chi connectivity index (χ3n) is 3.65. The van der Waals surface area contributed by atoms with E-state index >= 15 is 0 Å². The van der Waals surface area contributed by atoms with Gasteiger partial charge in [-0.15, -0.1) is 0 Å². The number of carbonyl (C=O) groups excluding carboxylic acids is 2. The summed E-state index contributed by atoms with van der Waals surface area (Å²) < 4.78 is 9.82. The molecule has 126 valence electrons. The van der Waals surface area contributed by atoms with Crippen LogP contribution in [0.25, 0.3) is 0 Å². The standard InChI is InChI=1S/C19H21NO4/c1-23-17-10-8-15(9-11-17)14-20(13-12-18(21)24-2)19(22)16-6-4-3-5-7-16/h3-11H,12-14H2,1-2H3. The molecule has 0 radical (unpaired) electrons.